The van der Waals surface area contributed by atoms with E-state index in [1.54, 1.807) is 11.0 Å². The molecule has 0 aliphatic rings. The van der Waals surface area contributed by atoms with Crippen LogP contribution in [0, 0.1) is 0 Å². The molecule has 1 unspecified atom stereocenters. The van der Waals surface area contributed by atoms with Crippen LogP contribution >= 0.6 is 35.0 Å². The second-order valence-electron chi connectivity index (χ2n) is 6.95. The average molecular weight is 467 g/mol. The lowest BCUT2D eigenvalue weighted by atomic mass is 10.1. The molecule has 0 fully saturated rings. The predicted molar refractivity (Wildman–Crippen MR) is 127 cm³/mol. The Bertz CT molecular complexity index is 830. The van der Waals surface area contributed by atoms with E-state index in [1.807, 2.05) is 56.3 Å². The van der Waals surface area contributed by atoms with E-state index in [0.717, 1.165) is 17.5 Å². The Morgan fingerprint density at radius 3 is 2.40 bits per heavy atom. The molecule has 162 valence electrons. The summed E-state index contributed by atoms with van der Waals surface area (Å²) in [6.45, 7) is 4.82. The van der Waals surface area contributed by atoms with Crippen LogP contribution in [-0.4, -0.2) is 35.1 Å². The van der Waals surface area contributed by atoms with Gasteiger partial charge in [0.05, 0.1) is 5.75 Å². The number of hydrogen-bond acceptors (Lipinski definition) is 3. The highest BCUT2D eigenvalue weighted by molar-refractivity contribution is 7.99. The quantitative estimate of drug-likeness (QED) is 0.471. The maximum atomic E-state index is 13.1. The molecule has 1 atom stereocenters. The Morgan fingerprint density at radius 2 is 1.77 bits per heavy atom. The minimum atomic E-state index is -0.531. The molecule has 0 aromatic heterocycles. The number of amides is 2. The average Bonchev–Trinajstić information content (AvgIpc) is 2.74. The van der Waals surface area contributed by atoms with E-state index < -0.39 is 6.04 Å². The van der Waals surface area contributed by atoms with Gasteiger partial charge >= 0.3 is 0 Å². The third kappa shape index (κ3) is 7.53. The first-order valence-electron chi connectivity index (χ1n) is 10.1. The summed E-state index contributed by atoms with van der Waals surface area (Å²) in [5.74, 6) is 0.779. The van der Waals surface area contributed by atoms with Crippen LogP contribution in [-0.2, 0) is 21.9 Å². The number of carbonyl (C=O) groups excluding carboxylic acids is 2. The van der Waals surface area contributed by atoms with Crippen molar-refractivity contribution in [1.82, 2.24) is 10.2 Å². The van der Waals surface area contributed by atoms with E-state index in [1.165, 1.54) is 11.8 Å². The summed E-state index contributed by atoms with van der Waals surface area (Å²) in [4.78, 5) is 27.5. The van der Waals surface area contributed by atoms with Crippen LogP contribution in [0.1, 0.15) is 37.8 Å². The molecule has 0 aliphatic heterocycles. The Morgan fingerprint density at radius 1 is 1.07 bits per heavy atom. The Kier molecular flexibility index (Phi) is 10.6. The maximum absolute atomic E-state index is 13.1. The topological polar surface area (TPSA) is 49.4 Å². The lowest BCUT2D eigenvalue weighted by Gasteiger charge is -2.31. The van der Waals surface area contributed by atoms with Gasteiger partial charge in [0, 0.05) is 28.9 Å². The van der Waals surface area contributed by atoms with Crippen LogP contribution < -0.4 is 5.32 Å². The van der Waals surface area contributed by atoms with Crippen LogP contribution in [0.4, 0.5) is 0 Å². The van der Waals surface area contributed by atoms with Gasteiger partial charge in [0.25, 0.3) is 0 Å². The molecular formula is C23H28Cl2N2O2S. The number of halogens is 2. The van der Waals surface area contributed by atoms with Gasteiger partial charge in [-0.1, -0.05) is 67.4 Å². The molecule has 1 N–H and O–H groups in total. The van der Waals surface area contributed by atoms with Gasteiger partial charge in [-0.25, -0.2) is 0 Å². The summed E-state index contributed by atoms with van der Waals surface area (Å²) in [6.07, 6.45) is 1.38. The fraction of sp³-hybridized carbons (Fsp3) is 0.391. The van der Waals surface area contributed by atoms with Crippen molar-refractivity contribution >= 4 is 46.8 Å². The summed E-state index contributed by atoms with van der Waals surface area (Å²) in [6, 6.07) is 14.5. The number of rotatable bonds is 11. The largest absolute Gasteiger partial charge is 0.354 e. The van der Waals surface area contributed by atoms with E-state index in [0.29, 0.717) is 35.3 Å². The zero-order chi connectivity index (χ0) is 21.9. The van der Waals surface area contributed by atoms with Gasteiger partial charge in [-0.15, -0.1) is 11.8 Å². The molecule has 0 aliphatic carbocycles. The third-order valence-corrected chi connectivity index (χ3v) is 6.25. The summed E-state index contributed by atoms with van der Waals surface area (Å²) in [5, 5.41) is 4.20. The first kappa shape index (κ1) is 24.6. The molecule has 0 bridgehead atoms. The minimum absolute atomic E-state index is 0.0765. The van der Waals surface area contributed by atoms with Gasteiger partial charge in [-0.3, -0.25) is 9.59 Å². The van der Waals surface area contributed by atoms with Crippen LogP contribution in [0.5, 0.6) is 0 Å². The molecular weight excluding hydrogens is 439 g/mol. The van der Waals surface area contributed by atoms with Crippen molar-refractivity contribution in [3.05, 3.63) is 69.7 Å². The molecule has 2 aromatic rings. The first-order valence-corrected chi connectivity index (χ1v) is 12.0. The molecule has 0 saturated heterocycles. The third-order valence-electron chi connectivity index (χ3n) is 4.64. The fourth-order valence-corrected chi connectivity index (χ4v) is 4.21. The standard InChI is InChI=1S/C23H28Cl2N2O2S/c1-3-13-26-23(29)21(4-2)27(14-18-7-5-6-8-20(18)25)22(28)16-30-15-17-9-11-19(24)12-10-17/h5-12,21H,3-4,13-16H2,1-2H3,(H,26,29). The molecule has 0 spiro atoms. The number of benzene rings is 2. The monoisotopic (exact) mass is 466 g/mol. The van der Waals surface area contributed by atoms with E-state index >= 15 is 0 Å². The number of nitrogens with zero attached hydrogens (tertiary/aromatic N) is 1. The molecule has 0 saturated carbocycles. The number of hydrogen-bond donors (Lipinski definition) is 1. The fourth-order valence-electron chi connectivity index (χ4n) is 3.02. The minimum Gasteiger partial charge on any atom is -0.354 e. The molecule has 2 aromatic carbocycles. The van der Waals surface area contributed by atoms with Crippen molar-refractivity contribution in [1.29, 1.82) is 0 Å². The van der Waals surface area contributed by atoms with Gasteiger partial charge in [-0.2, -0.15) is 0 Å². The molecule has 0 radical (unpaired) electrons. The van der Waals surface area contributed by atoms with Gasteiger partial charge < -0.3 is 10.2 Å². The van der Waals surface area contributed by atoms with Crippen LogP contribution in [0.3, 0.4) is 0 Å². The van der Waals surface area contributed by atoms with Crippen molar-refractivity contribution in [2.45, 2.75) is 45.0 Å². The predicted octanol–water partition coefficient (Wildman–Crippen LogP) is 5.56. The van der Waals surface area contributed by atoms with E-state index in [2.05, 4.69) is 5.32 Å². The summed E-state index contributed by atoms with van der Waals surface area (Å²) in [5.41, 5.74) is 1.93. The highest BCUT2D eigenvalue weighted by Gasteiger charge is 2.28. The van der Waals surface area contributed by atoms with Crippen molar-refractivity contribution in [3.8, 4) is 0 Å². The number of carbonyl (C=O) groups is 2. The van der Waals surface area contributed by atoms with E-state index in [-0.39, 0.29) is 17.6 Å². The van der Waals surface area contributed by atoms with Gasteiger partial charge in [-0.05, 0) is 42.2 Å². The van der Waals surface area contributed by atoms with Crippen LogP contribution in [0.2, 0.25) is 10.0 Å². The van der Waals surface area contributed by atoms with Gasteiger partial charge in [0.2, 0.25) is 11.8 Å². The molecule has 7 heteroatoms. The Balaban J connectivity index is 2.11. The zero-order valence-corrected chi connectivity index (χ0v) is 19.7. The van der Waals surface area contributed by atoms with Crippen LogP contribution in [0.15, 0.2) is 48.5 Å². The van der Waals surface area contributed by atoms with Crippen molar-refractivity contribution in [3.63, 3.8) is 0 Å². The van der Waals surface area contributed by atoms with Crippen molar-refractivity contribution in [2.24, 2.45) is 0 Å². The smallest absolute Gasteiger partial charge is 0.242 e. The molecule has 2 rings (SSSR count). The lowest BCUT2D eigenvalue weighted by Crippen LogP contribution is -2.49. The second-order valence-corrected chi connectivity index (χ2v) is 8.78. The first-order chi connectivity index (χ1) is 14.5. The summed E-state index contributed by atoms with van der Waals surface area (Å²) < 4.78 is 0. The lowest BCUT2D eigenvalue weighted by molar-refractivity contribution is -0.139. The number of thioether (sulfide) groups is 1. The van der Waals surface area contributed by atoms with Crippen LogP contribution in [0.25, 0.3) is 0 Å². The van der Waals surface area contributed by atoms with E-state index in [9.17, 15) is 9.59 Å². The zero-order valence-electron chi connectivity index (χ0n) is 17.4. The Hall–Kier alpha value is -1.69. The highest BCUT2D eigenvalue weighted by atomic mass is 35.5. The molecule has 0 heterocycles. The SMILES string of the molecule is CCCNC(=O)C(CC)N(Cc1ccccc1Cl)C(=O)CSCc1ccc(Cl)cc1. The Labute approximate surface area is 193 Å². The van der Waals surface area contributed by atoms with Crippen molar-refractivity contribution < 1.29 is 9.59 Å². The molecule has 4 nitrogen and oxygen atoms in total. The summed E-state index contributed by atoms with van der Waals surface area (Å²) >= 11 is 13.8. The number of nitrogens with one attached hydrogen (secondary N) is 1. The summed E-state index contributed by atoms with van der Waals surface area (Å²) in [7, 11) is 0. The second kappa shape index (κ2) is 12.9. The van der Waals surface area contributed by atoms with E-state index in [4.69, 9.17) is 23.2 Å². The normalized spacial score (nSPS) is 11.7. The van der Waals surface area contributed by atoms with Crippen molar-refractivity contribution in [2.75, 3.05) is 12.3 Å². The maximum Gasteiger partial charge on any atom is 0.242 e. The van der Waals surface area contributed by atoms with Gasteiger partial charge in [0.15, 0.2) is 0 Å². The molecule has 2 amide bonds. The van der Waals surface area contributed by atoms with Gasteiger partial charge in [0.1, 0.15) is 6.04 Å². The molecule has 30 heavy (non-hydrogen) atoms. The highest BCUT2D eigenvalue weighted by Crippen LogP contribution is 2.22.